The van der Waals surface area contributed by atoms with Crippen LogP contribution in [0.25, 0.3) is 0 Å². The molecule has 0 amide bonds. The minimum absolute atomic E-state index is 0.0470. The molecule has 6 nitrogen and oxygen atoms in total. The minimum atomic E-state index is -4.77. The Labute approximate surface area is 121 Å². The second-order valence-electron chi connectivity index (χ2n) is 4.05. The van der Waals surface area contributed by atoms with Crippen LogP contribution < -0.4 is 0 Å². The topological polar surface area (TPSA) is 69.9 Å². The highest BCUT2D eigenvalue weighted by atomic mass is 32.1. The molecule has 0 N–H and O–H groups in total. The van der Waals surface area contributed by atoms with Gasteiger partial charge in [0.15, 0.2) is 5.69 Å². The molecule has 0 fully saturated rings. The van der Waals surface area contributed by atoms with Crippen molar-refractivity contribution in [3.63, 3.8) is 0 Å². The molecule has 21 heavy (non-hydrogen) atoms. The highest BCUT2D eigenvalue weighted by Gasteiger charge is 2.42. The number of rotatable bonds is 4. The van der Waals surface area contributed by atoms with Crippen molar-refractivity contribution in [3.05, 3.63) is 27.5 Å². The highest BCUT2D eigenvalue weighted by Crippen LogP contribution is 2.32. The van der Waals surface area contributed by atoms with Crippen LogP contribution in [-0.4, -0.2) is 32.6 Å². The van der Waals surface area contributed by atoms with Crippen molar-refractivity contribution < 1.29 is 22.7 Å². The van der Waals surface area contributed by atoms with Gasteiger partial charge in [-0.3, -0.25) is 0 Å². The van der Waals surface area contributed by atoms with Crippen LogP contribution in [-0.2, 0) is 17.5 Å². The standard InChI is InChI=1S/C11H11F3N4O2S/c1-3-20-10(19)8-9(11(12,13)14)18(17-16-8)4-7-15-6(2)5-21-7/h5H,3-4H2,1-2H3. The van der Waals surface area contributed by atoms with Gasteiger partial charge < -0.3 is 4.74 Å². The number of nitrogens with zero attached hydrogens (tertiary/aromatic N) is 4. The second-order valence-corrected chi connectivity index (χ2v) is 4.99. The molecule has 0 spiro atoms. The molecule has 0 saturated carbocycles. The first-order valence-electron chi connectivity index (χ1n) is 5.91. The summed E-state index contributed by atoms with van der Waals surface area (Å²) in [6, 6.07) is 0. The van der Waals surface area contributed by atoms with E-state index in [0.717, 1.165) is 0 Å². The molecule has 0 aliphatic carbocycles. The number of hydrogen-bond acceptors (Lipinski definition) is 6. The lowest BCUT2D eigenvalue weighted by Gasteiger charge is -2.09. The Bertz CT molecular complexity index is 650. The molecule has 0 aromatic carbocycles. The van der Waals surface area contributed by atoms with E-state index in [4.69, 9.17) is 0 Å². The first-order valence-corrected chi connectivity index (χ1v) is 6.79. The number of alkyl halides is 3. The summed E-state index contributed by atoms with van der Waals surface area (Å²) in [4.78, 5) is 15.6. The van der Waals surface area contributed by atoms with Gasteiger partial charge >= 0.3 is 12.1 Å². The molecule has 0 atom stereocenters. The third-order valence-corrected chi connectivity index (χ3v) is 3.38. The zero-order valence-electron chi connectivity index (χ0n) is 11.1. The second kappa shape index (κ2) is 5.80. The fraction of sp³-hybridized carbons (Fsp3) is 0.455. The minimum Gasteiger partial charge on any atom is -0.461 e. The lowest BCUT2D eigenvalue weighted by molar-refractivity contribution is -0.144. The van der Waals surface area contributed by atoms with E-state index in [1.807, 2.05) is 0 Å². The van der Waals surface area contributed by atoms with Crippen LogP contribution in [0.2, 0.25) is 0 Å². The summed E-state index contributed by atoms with van der Waals surface area (Å²) in [5.41, 5.74) is -1.36. The van der Waals surface area contributed by atoms with Crippen LogP contribution in [0.1, 0.15) is 33.8 Å². The molecule has 0 aliphatic rings. The predicted molar refractivity (Wildman–Crippen MR) is 66.9 cm³/mol. The Morgan fingerprint density at radius 1 is 1.48 bits per heavy atom. The number of aromatic nitrogens is 4. The molecule has 2 aromatic heterocycles. The number of hydrogen-bond donors (Lipinski definition) is 0. The van der Waals surface area contributed by atoms with Crippen molar-refractivity contribution in [2.75, 3.05) is 6.61 Å². The maximum atomic E-state index is 13.1. The third-order valence-electron chi connectivity index (χ3n) is 2.42. The average molecular weight is 320 g/mol. The van der Waals surface area contributed by atoms with Crippen LogP contribution in [0.5, 0.6) is 0 Å². The highest BCUT2D eigenvalue weighted by molar-refractivity contribution is 7.09. The van der Waals surface area contributed by atoms with Gasteiger partial charge in [-0.1, -0.05) is 5.21 Å². The van der Waals surface area contributed by atoms with E-state index in [1.165, 1.54) is 18.3 Å². The van der Waals surface area contributed by atoms with E-state index in [1.54, 1.807) is 12.3 Å². The van der Waals surface area contributed by atoms with E-state index in [2.05, 4.69) is 20.0 Å². The van der Waals surface area contributed by atoms with Gasteiger partial charge in [0.2, 0.25) is 5.69 Å². The zero-order valence-corrected chi connectivity index (χ0v) is 12.0. The molecule has 0 aliphatic heterocycles. The summed E-state index contributed by atoms with van der Waals surface area (Å²) in [7, 11) is 0. The van der Waals surface area contributed by atoms with Crippen LogP contribution in [0.15, 0.2) is 5.38 Å². The van der Waals surface area contributed by atoms with Crippen LogP contribution in [0.3, 0.4) is 0 Å². The first kappa shape index (κ1) is 15.4. The zero-order chi connectivity index (χ0) is 15.6. The normalized spacial score (nSPS) is 11.7. The van der Waals surface area contributed by atoms with E-state index in [9.17, 15) is 18.0 Å². The molecular weight excluding hydrogens is 309 g/mol. The lowest BCUT2D eigenvalue weighted by atomic mass is 10.3. The molecule has 0 saturated heterocycles. The van der Waals surface area contributed by atoms with Crippen molar-refractivity contribution in [3.8, 4) is 0 Å². The number of carbonyl (C=O) groups excluding carboxylic acids is 1. The largest absolute Gasteiger partial charge is 0.461 e. The van der Waals surface area contributed by atoms with Crippen LogP contribution in [0, 0.1) is 6.92 Å². The summed E-state index contributed by atoms with van der Waals surface area (Å²) in [6.45, 7) is 2.97. The number of carbonyl (C=O) groups is 1. The van der Waals surface area contributed by atoms with Crippen LogP contribution in [0.4, 0.5) is 13.2 Å². The van der Waals surface area contributed by atoms with Gasteiger partial charge in [0.25, 0.3) is 0 Å². The van der Waals surface area contributed by atoms with Crippen molar-refractivity contribution in [1.82, 2.24) is 20.0 Å². The number of esters is 1. The Hall–Kier alpha value is -1.97. The van der Waals surface area contributed by atoms with Gasteiger partial charge in [-0.25, -0.2) is 14.5 Å². The fourth-order valence-electron chi connectivity index (χ4n) is 1.64. The van der Waals surface area contributed by atoms with E-state index < -0.39 is 23.5 Å². The Kier molecular flexibility index (Phi) is 4.26. The molecule has 2 aromatic rings. The van der Waals surface area contributed by atoms with Crippen LogP contribution >= 0.6 is 11.3 Å². The van der Waals surface area contributed by atoms with Gasteiger partial charge in [0.05, 0.1) is 13.2 Å². The Balaban J connectivity index is 2.39. The van der Waals surface area contributed by atoms with E-state index in [-0.39, 0.29) is 13.2 Å². The first-order chi connectivity index (χ1) is 9.82. The van der Waals surface area contributed by atoms with Gasteiger partial charge in [0.1, 0.15) is 5.01 Å². The smallest absolute Gasteiger partial charge is 0.435 e. The molecule has 114 valence electrons. The summed E-state index contributed by atoms with van der Waals surface area (Å²) in [5.74, 6) is -1.15. The molecular formula is C11H11F3N4O2S. The lowest BCUT2D eigenvalue weighted by Crippen LogP contribution is -2.20. The van der Waals surface area contributed by atoms with Crippen molar-refractivity contribution >= 4 is 17.3 Å². The Morgan fingerprint density at radius 2 is 2.19 bits per heavy atom. The third kappa shape index (κ3) is 3.38. The number of thiazole rings is 1. The quantitative estimate of drug-likeness (QED) is 0.808. The summed E-state index contributed by atoms with van der Waals surface area (Å²) in [6.07, 6.45) is -4.77. The van der Waals surface area contributed by atoms with E-state index in [0.29, 0.717) is 15.4 Å². The summed E-state index contributed by atoms with van der Waals surface area (Å²) < 4.78 is 44.6. The Morgan fingerprint density at radius 3 is 2.71 bits per heavy atom. The number of ether oxygens (including phenoxy) is 1. The molecule has 2 heterocycles. The molecule has 0 radical (unpaired) electrons. The number of halogens is 3. The number of aryl methyl sites for hydroxylation is 1. The maximum absolute atomic E-state index is 13.1. The van der Waals surface area contributed by atoms with Gasteiger partial charge in [-0.15, -0.1) is 16.4 Å². The molecule has 0 bridgehead atoms. The molecule has 0 unspecified atom stereocenters. The van der Waals surface area contributed by atoms with E-state index >= 15 is 0 Å². The van der Waals surface area contributed by atoms with Gasteiger partial charge in [0, 0.05) is 11.1 Å². The molecule has 10 heteroatoms. The van der Waals surface area contributed by atoms with Crippen molar-refractivity contribution in [2.24, 2.45) is 0 Å². The SMILES string of the molecule is CCOC(=O)c1nnn(Cc2nc(C)cs2)c1C(F)(F)F. The monoisotopic (exact) mass is 320 g/mol. The van der Waals surface area contributed by atoms with Gasteiger partial charge in [-0.2, -0.15) is 13.2 Å². The summed E-state index contributed by atoms with van der Waals surface area (Å²) in [5, 5.41) is 8.86. The molecule has 2 rings (SSSR count). The van der Waals surface area contributed by atoms with Crippen molar-refractivity contribution in [1.29, 1.82) is 0 Å². The summed E-state index contributed by atoms with van der Waals surface area (Å²) >= 11 is 1.21. The maximum Gasteiger partial charge on any atom is 0.435 e. The van der Waals surface area contributed by atoms with Crippen molar-refractivity contribution in [2.45, 2.75) is 26.6 Å². The fourth-order valence-corrected chi connectivity index (χ4v) is 2.40. The predicted octanol–water partition coefficient (Wildman–Crippen LogP) is 2.29. The average Bonchev–Trinajstić information content (AvgIpc) is 2.96. The van der Waals surface area contributed by atoms with Gasteiger partial charge in [-0.05, 0) is 13.8 Å².